The van der Waals surface area contributed by atoms with Gasteiger partial charge in [-0.1, -0.05) is 51.2 Å². The van der Waals surface area contributed by atoms with E-state index in [0.29, 0.717) is 19.6 Å². The number of hydrogen-bond acceptors (Lipinski definition) is 3. The minimum atomic E-state index is -0.107. The Morgan fingerprint density at radius 1 is 1.00 bits per heavy atom. The first-order valence-corrected chi connectivity index (χ1v) is 7.82. The van der Waals surface area contributed by atoms with Crippen LogP contribution in [0.25, 0.3) is 0 Å². The first-order valence-electron chi connectivity index (χ1n) is 7.82. The van der Waals surface area contributed by atoms with E-state index in [2.05, 4.69) is 19.1 Å². The third kappa shape index (κ3) is 15.1. The van der Waals surface area contributed by atoms with Crippen LogP contribution in [0.3, 0.4) is 0 Å². The molecule has 0 radical (unpaired) electrons. The minimum absolute atomic E-state index is 0.107. The zero-order valence-electron chi connectivity index (χ0n) is 12.5. The first kappa shape index (κ1) is 18.2. The van der Waals surface area contributed by atoms with Crippen LogP contribution in [0.15, 0.2) is 12.2 Å². The van der Waals surface area contributed by atoms with Crippen molar-refractivity contribution >= 4 is 5.97 Å². The zero-order valence-corrected chi connectivity index (χ0v) is 12.5. The van der Waals surface area contributed by atoms with Crippen LogP contribution >= 0.6 is 0 Å². The number of ether oxygens (including phenoxy) is 1. The quantitative estimate of drug-likeness (QED) is 0.313. The van der Waals surface area contributed by atoms with E-state index in [1.54, 1.807) is 0 Å². The van der Waals surface area contributed by atoms with Gasteiger partial charge in [-0.2, -0.15) is 0 Å². The third-order valence-electron chi connectivity index (χ3n) is 3.02. The molecule has 0 atom stereocenters. The monoisotopic (exact) mass is 269 g/mol. The molecule has 0 amide bonds. The Labute approximate surface area is 118 Å². The number of hydrogen-bond donors (Lipinski definition) is 1. The molecule has 0 heterocycles. The third-order valence-corrected chi connectivity index (χ3v) is 3.02. The largest absolute Gasteiger partial charge is 0.464 e. The van der Waals surface area contributed by atoms with Gasteiger partial charge in [0, 0.05) is 13.0 Å². The lowest BCUT2D eigenvalue weighted by Gasteiger charge is -2.02. The van der Waals surface area contributed by atoms with E-state index in [1.807, 2.05) is 0 Å². The summed E-state index contributed by atoms with van der Waals surface area (Å²) in [6, 6.07) is 0. The lowest BCUT2D eigenvalue weighted by molar-refractivity contribution is -0.143. The molecule has 3 nitrogen and oxygen atoms in total. The number of carbonyl (C=O) groups excluding carboxylic acids is 1. The van der Waals surface area contributed by atoms with Crippen LogP contribution in [0, 0.1) is 0 Å². The average Bonchev–Trinajstić information content (AvgIpc) is 2.42. The summed E-state index contributed by atoms with van der Waals surface area (Å²) in [7, 11) is 0. The Morgan fingerprint density at radius 3 is 2.32 bits per heavy atom. The summed E-state index contributed by atoms with van der Waals surface area (Å²) in [6.07, 6.45) is 15.9. The fourth-order valence-corrected chi connectivity index (χ4v) is 1.86. The molecule has 0 saturated carbocycles. The van der Waals surface area contributed by atoms with Crippen LogP contribution in [0.4, 0.5) is 0 Å². The molecule has 112 valence electrons. The smallest absolute Gasteiger partial charge is 0.305 e. The van der Waals surface area contributed by atoms with Crippen LogP contribution in [-0.2, 0) is 9.53 Å². The van der Waals surface area contributed by atoms with Crippen LogP contribution in [-0.4, -0.2) is 19.1 Å². The highest BCUT2D eigenvalue weighted by molar-refractivity contribution is 5.69. The van der Waals surface area contributed by atoms with Crippen molar-refractivity contribution in [2.45, 2.75) is 71.1 Å². The van der Waals surface area contributed by atoms with Crippen molar-refractivity contribution in [3.63, 3.8) is 0 Å². The van der Waals surface area contributed by atoms with Gasteiger partial charge in [-0.15, -0.1) is 0 Å². The van der Waals surface area contributed by atoms with E-state index < -0.39 is 0 Å². The number of allylic oxidation sites excluding steroid dienone is 2. The summed E-state index contributed by atoms with van der Waals surface area (Å²) >= 11 is 0. The molecule has 0 aromatic carbocycles. The number of nitrogens with two attached hydrogens (primary N) is 1. The second-order valence-corrected chi connectivity index (χ2v) is 4.93. The molecular weight excluding hydrogens is 238 g/mol. The zero-order chi connectivity index (χ0) is 14.2. The van der Waals surface area contributed by atoms with Crippen molar-refractivity contribution in [3.8, 4) is 0 Å². The van der Waals surface area contributed by atoms with Crippen LogP contribution in [0.2, 0.25) is 0 Å². The normalized spacial score (nSPS) is 11.1. The fraction of sp³-hybridized carbons (Fsp3) is 0.812. The lowest BCUT2D eigenvalue weighted by atomic mass is 10.1. The van der Waals surface area contributed by atoms with Gasteiger partial charge in [-0.3, -0.25) is 4.79 Å². The molecule has 19 heavy (non-hydrogen) atoms. The molecule has 0 unspecified atom stereocenters. The topological polar surface area (TPSA) is 52.3 Å². The maximum atomic E-state index is 11.2. The fourth-order valence-electron chi connectivity index (χ4n) is 1.86. The molecular formula is C16H31NO2. The Kier molecular flexibility index (Phi) is 14.6. The highest BCUT2D eigenvalue weighted by atomic mass is 16.5. The highest BCUT2D eigenvalue weighted by Crippen LogP contribution is 2.08. The maximum Gasteiger partial charge on any atom is 0.305 e. The predicted octanol–water partition coefficient (Wildman–Crippen LogP) is 3.97. The highest BCUT2D eigenvalue weighted by Gasteiger charge is 2.01. The van der Waals surface area contributed by atoms with Crippen molar-refractivity contribution in [2.75, 3.05) is 13.2 Å². The number of carbonyl (C=O) groups is 1. The van der Waals surface area contributed by atoms with Gasteiger partial charge in [-0.05, 0) is 25.7 Å². The van der Waals surface area contributed by atoms with Gasteiger partial charge in [0.2, 0.25) is 0 Å². The van der Waals surface area contributed by atoms with Crippen LogP contribution in [0.5, 0.6) is 0 Å². The lowest BCUT2D eigenvalue weighted by Crippen LogP contribution is -2.13. The van der Waals surface area contributed by atoms with E-state index in [9.17, 15) is 4.79 Å². The SMILES string of the molecule is CCCC/C=C/CCCCCCCC(=O)OCCN. The summed E-state index contributed by atoms with van der Waals surface area (Å²) in [6.45, 7) is 2.99. The summed E-state index contributed by atoms with van der Waals surface area (Å²) in [5.74, 6) is -0.107. The molecule has 2 N–H and O–H groups in total. The Morgan fingerprint density at radius 2 is 1.63 bits per heavy atom. The van der Waals surface area contributed by atoms with Gasteiger partial charge >= 0.3 is 5.97 Å². The molecule has 0 bridgehead atoms. The minimum Gasteiger partial charge on any atom is -0.464 e. The predicted molar refractivity (Wildman–Crippen MR) is 81.0 cm³/mol. The van der Waals surface area contributed by atoms with Gasteiger partial charge in [0.05, 0.1) is 0 Å². The van der Waals surface area contributed by atoms with Crippen LogP contribution < -0.4 is 5.73 Å². The maximum absolute atomic E-state index is 11.2. The van der Waals surface area contributed by atoms with Gasteiger partial charge in [-0.25, -0.2) is 0 Å². The molecule has 3 heteroatoms. The van der Waals surface area contributed by atoms with E-state index in [1.165, 1.54) is 44.9 Å². The van der Waals surface area contributed by atoms with Crippen molar-refractivity contribution < 1.29 is 9.53 Å². The van der Waals surface area contributed by atoms with Crippen molar-refractivity contribution in [2.24, 2.45) is 5.73 Å². The van der Waals surface area contributed by atoms with Gasteiger partial charge < -0.3 is 10.5 Å². The van der Waals surface area contributed by atoms with E-state index in [0.717, 1.165) is 12.8 Å². The molecule has 0 saturated heterocycles. The summed E-state index contributed by atoms with van der Waals surface area (Å²) < 4.78 is 4.91. The molecule has 0 rings (SSSR count). The second kappa shape index (κ2) is 15.2. The van der Waals surface area contributed by atoms with Crippen LogP contribution in [0.1, 0.15) is 71.1 Å². The molecule has 0 aliphatic rings. The van der Waals surface area contributed by atoms with Gasteiger partial charge in [0.15, 0.2) is 0 Å². The molecule has 0 aliphatic carbocycles. The number of rotatable bonds is 13. The molecule has 0 aromatic heterocycles. The molecule has 0 fully saturated rings. The van der Waals surface area contributed by atoms with E-state index >= 15 is 0 Å². The second-order valence-electron chi connectivity index (χ2n) is 4.93. The summed E-state index contributed by atoms with van der Waals surface area (Å²) in [5, 5.41) is 0. The number of esters is 1. The summed E-state index contributed by atoms with van der Waals surface area (Å²) in [4.78, 5) is 11.2. The molecule has 0 spiro atoms. The Bertz CT molecular complexity index is 227. The van der Waals surface area contributed by atoms with Crippen molar-refractivity contribution in [3.05, 3.63) is 12.2 Å². The van der Waals surface area contributed by atoms with Crippen molar-refractivity contribution in [1.29, 1.82) is 0 Å². The van der Waals surface area contributed by atoms with E-state index in [-0.39, 0.29) is 5.97 Å². The standard InChI is InChI=1S/C16H31NO2/c1-2-3-4-5-6-7-8-9-10-11-12-13-16(18)19-15-14-17/h5-6H,2-4,7-15,17H2,1H3/b6-5+. The average molecular weight is 269 g/mol. The Balaban J connectivity index is 3.14. The molecule has 0 aliphatic heterocycles. The first-order chi connectivity index (χ1) is 9.31. The van der Waals surface area contributed by atoms with Crippen molar-refractivity contribution in [1.82, 2.24) is 0 Å². The number of unbranched alkanes of at least 4 members (excludes halogenated alkanes) is 7. The van der Waals surface area contributed by atoms with Gasteiger partial charge in [0.25, 0.3) is 0 Å². The van der Waals surface area contributed by atoms with E-state index in [4.69, 9.17) is 10.5 Å². The Hall–Kier alpha value is -0.830. The molecule has 0 aromatic rings. The summed E-state index contributed by atoms with van der Waals surface area (Å²) in [5.41, 5.74) is 5.26. The van der Waals surface area contributed by atoms with Gasteiger partial charge in [0.1, 0.15) is 6.61 Å².